The summed E-state index contributed by atoms with van der Waals surface area (Å²) >= 11 is 0. The molecule has 1 heterocycles. The normalized spacial score (nSPS) is 21.0. The van der Waals surface area contributed by atoms with Gasteiger partial charge in [0.15, 0.2) is 0 Å². The fourth-order valence-electron chi connectivity index (χ4n) is 3.04. The van der Waals surface area contributed by atoms with Crippen molar-refractivity contribution in [3.63, 3.8) is 0 Å². The Hall–Kier alpha value is -1.42. The number of amides is 1. The molecule has 0 saturated carbocycles. The summed E-state index contributed by atoms with van der Waals surface area (Å²) in [6.07, 6.45) is 4.73. The molecule has 0 aromatic heterocycles. The number of carbonyl (C=O) groups excluding carboxylic acids is 1. The first-order chi connectivity index (χ1) is 10.1. The smallest absolute Gasteiger partial charge is 0.234 e. The van der Waals surface area contributed by atoms with Crippen LogP contribution in [0.3, 0.4) is 0 Å². The molecule has 0 bridgehead atoms. The van der Waals surface area contributed by atoms with Crippen LogP contribution in [-0.4, -0.2) is 29.9 Å². The summed E-state index contributed by atoms with van der Waals surface area (Å²) in [5.41, 5.74) is 0.926. The Morgan fingerprint density at radius 2 is 2.10 bits per heavy atom. The molecule has 1 aromatic carbocycles. The summed E-state index contributed by atoms with van der Waals surface area (Å²) in [5, 5.41) is 3.00. The zero-order valence-electron chi connectivity index (χ0n) is 12.9. The van der Waals surface area contributed by atoms with E-state index in [1.54, 1.807) is 12.1 Å². The highest BCUT2D eigenvalue weighted by Crippen LogP contribution is 2.19. The maximum atomic E-state index is 12.9. The predicted octanol–water partition coefficient (Wildman–Crippen LogP) is 3.27. The van der Waals surface area contributed by atoms with Crippen molar-refractivity contribution in [1.82, 2.24) is 10.2 Å². The molecule has 2 rings (SSSR count). The summed E-state index contributed by atoms with van der Waals surface area (Å²) in [5.74, 6) is -0.205. The Labute approximate surface area is 126 Å². The second-order valence-electron chi connectivity index (χ2n) is 5.87. The lowest BCUT2D eigenvalue weighted by molar-refractivity contribution is -0.123. The molecule has 21 heavy (non-hydrogen) atoms. The number of hydrogen-bond acceptors (Lipinski definition) is 2. The molecule has 1 aliphatic heterocycles. The van der Waals surface area contributed by atoms with Crippen molar-refractivity contribution in [3.8, 4) is 0 Å². The zero-order chi connectivity index (χ0) is 15.2. The van der Waals surface area contributed by atoms with Crippen LogP contribution < -0.4 is 5.32 Å². The number of nitrogens with one attached hydrogen (secondary N) is 1. The highest BCUT2D eigenvalue weighted by atomic mass is 19.1. The minimum atomic E-state index is -0.253. The number of rotatable bonds is 5. The van der Waals surface area contributed by atoms with Crippen molar-refractivity contribution in [2.75, 3.05) is 13.1 Å². The van der Waals surface area contributed by atoms with Crippen molar-refractivity contribution in [2.24, 2.45) is 0 Å². The zero-order valence-corrected chi connectivity index (χ0v) is 12.9. The van der Waals surface area contributed by atoms with Crippen LogP contribution in [0.1, 0.15) is 51.1 Å². The fraction of sp³-hybridized carbons (Fsp3) is 0.588. The van der Waals surface area contributed by atoms with Crippen LogP contribution in [0.25, 0.3) is 0 Å². The van der Waals surface area contributed by atoms with Gasteiger partial charge in [-0.3, -0.25) is 9.69 Å². The van der Waals surface area contributed by atoms with E-state index in [4.69, 9.17) is 0 Å². The number of nitrogens with zero attached hydrogens (tertiary/aromatic N) is 1. The Kier molecular flexibility index (Phi) is 5.74. The van der Waals surface area contributed by atoms with Crippen LogP contribution >= 0.6 is 0 Å². The minimum Gasteiger partial charge on any atom is -0.348 e. The van der Waals surface area contributed by atoms with Gasteiger partial charge in [-0.05, 0) is 50.4 Å². The molecule has 1 aliphatic rings. The van der Waals surface area contributed by atoms with Crippen molar-refractivity contribution in [1.29, 1.82) is 0 Å². The largest absolute Gasteiger partial charge is 0.348 e. The van der Waals surface area contributed by atoms with Gasteiger partial charge in [-0.25, -0.2) is 4.39 Å². The molecule has 3 nitrogen and oxygen atoms in total. The van der Waals surface area contributed by atoms with E-state index in [1.807, 2.05) is 6.92 Å². The third kappa shape index (κ3) is 4.53. The van der Waals surface area contributed by atoms with E-state index in [2.05, 4.69) is 17.1 Å². The Balaban J connectivity index is 1.87. The average Bonchev–Trinajstić information content (AvgIpc) is 2.48. The van der Waals surface area contributed by atoms with Gasteiger partial charge in [0, 0.05) is 6.04 Å². The molecule has 0 aliphatic carbocycles. The van der Waals surface area contributed by atoms with Gasteiger partial charge >= 0.3 is 0 Å². The molecule has 1 N–H and O–H groups in total. The van der Waals surface area contributed by atoms with Crippen LogP contribution in [0.5, 0.6) is 0 Å². The van der Waals surface area contributed by atoms with E-state index in [-0.39, 0.29) is 17.8 Å². The number of piperidine rings is 1. The highest BCUT2D eigenvalue weighted by molar-refractivity contribution is 5.78. The van der Waals surface area contributed by atoms with E-state index in [1.165, 1.54) is 31.4 Å². The summed E-state index contributed by atoms with van der Waals surface area (Å²) in [6, 6.07) is 6.73. The molecule has 2 unspecified atom stereocenters. The lowest BCUT2D eigenvalue weighted by atomic mass is 10.00. The molecule has 2 atom stereocenters. The molecule has 0 spiro atoms. The molecule has 4 heteroatoms. The van der Waals surface area contributed by atoms with Crippen LogP contribution in [0.15, 0.2) is 24.3 Å². The molecule has 1 fully saturated rings. The molecule has 1 saturated heterocycles. The maximum Gasteiger partial charge on any atom is 0.234 e. The van der Waals surface area contributed by atoms with E-state index >= 15 is 0 Å². The van der Waals surface area contributed by atoms with Gasteiger partial charge in [-0.15, -0.1) is 0 Å². The lowest BCUT2D eigenvalue weighted by Crippen LogP contribution is -2.45. The SMILES string of the molecule is CCC1CCCCN1CC(=O)NC(C)c1ccc(F)cc1. The lowest BCUT2D eigenvalue weighted by Gasteiger charge is -2.34. The first-order valence-corrected chi connectivity index (χ1v) is 7.89. The monoisotopic (exact) mass is 292 g/mol. The molecule has 0 radical (unpaired) electrons. The number of carbonyl (C=O) groups is 1. The summed E-state index contributed by atoms with van der Waals surface area (Å²) in [4.78, 5) is 14.5. The Morgan fingerprint density at radius 1 is 1.38 bits per heavy atom. The van der Waals surface area contributed by atoms with Crippen LogP contribution in [-0.2, 0) is 4.79 Å². The molecule has 1 amide bonds. The summed E-state index contributed by atoms with van der Waals surface area (Å²) in [7, 11) is 0. The maximum absolute atomic E-state index is 12.9. The Morgan fingerprint density at radius 3 is 2.76 bits per heavy atom. The standard InChI is InChI=1S/C17H25FN2O/c1-3-16-6-4-5-11-20(16)12-17(21)19-13(2)14-7-9-15(18)10-8-14/h7-10,13,16H,3-6,11-12H2,1-2H3,(H,19,21). The Bertz CT molecular complexity index is 460. The van der Waals surface area contributed by atoms with Crippen LogP contribution in [0, 0.1) is 5.82 Å². The van der Waals surface area contributed by atoms with Gasteiger partial charge in [0.25, 0.3) is 0 Å². The van der Waals surface area contributed by atoms with Gasteiger partial charge in [-0.2, -0.15) is 0 Å². The van der Waals surface area contributed by atoms with E-state index in [9.17, 15) is 9.18 Å². The third-order valence-electron chi connectivity index (χ3n) is 4.31. The van der Waals surface area contributed by atoms with Gasteiger partial charge in [0.2, 0.25) is 5.91 Å². The second-order valence-corrected chi connectivity index (χ2v) is 5.87. The molecular weight excluding hydrogens is 267 g/mol. The van der Waals surface area contributed by atoms with Crippen molar-refractivity contribution < 1.29 is 9.18 Å². The predicted molar refractivity (Wildman–Crippen MR) is 82.5 cm³/mol. The van der Waals surface area contributed by atoms with Crippen LogP contribution in [0.4, 0.5) is 4.39 Å². The van der Waals surface area contributed by atoms with Crippen molar-refractivity contribution in [3.05, 3.63) is 35.6 Å². The van der Waals surface area contributed by atoms with Gasteiger partial charge in [0.1, 0.15) is 5.82 Å². The van der Waals surface area contributed by atoms with E-state index in [0.29, 0.717) is 12.6 Å². The average molecular weight is 292 g/mol. The molecular formula is C17H25FN2O. The quantitative estimate of drug-likeness (QED) is 0.903. The first-order valence-electron chi connectivity index (χ1n) is 7.89. The topological polar surface area (TPSA) is 32.3 Å². The number of benzene rings is 1. The summed E-state index contributed by atoms with van der Waals surface area (Å²) < 4.78 is 12.9. The number of likely N-dealkylation sites (tertiary alicyclic amines) is 1. The van der Waals surface area contributed by atoms with Gasteiger partial charge in [0.05, 0.1) is 12.6 Å². The second kappa shape index (κ2) is 7.55. The van der Waals surface area contributed by atoms with Crippen LogP contribution in [0.2, 0.25) is 0 Å². The third-order valence-corrected chi connectivity index (χ3v) is 4.31. The molecule has 1 aromatic rings. The van der Waals surface area contributed by atoms with Gasteiger partial charge in [-0.1, -0.05) is 25.5 Å². The van der Waals surface area contributed by atoms with Gasteiger partial charge < -0.3 is 5.32 Å². The first kappa shape index (κ1) is 16.0. The fourth-order valence-corrected chi connectivity index (χ4v) is 3.04. The molecule has 116 valence electrons. The van der Waals surface area contributed by atoms with Crippen molar-refractivity contribution in [2.45, 2.75) is 51.6 Å². The number of hydrogen-bond donors (Lipinski definition) is 1. The van der Waals surface area contributed by atoms with Crippen molar-refractivity contribution >= 4 is 5.91 Å². The van der Waals surface area contributed by atoms with E-state index < -0.39 is 0 Å². The minimum absolute atomic E-state index is 0.0483. The number of halogens is 1. The highest BCUT2D eigenvalue weighted by Gasteiger charge is 2.23. The summed E-state index contributed by atoms with van der Waals surface area (Å²) in [6.45, 7) is 5.58. The van der Waals surface area contributed by atoms with E-state index in [0.717, 1.165) is 18.5 Å².